The molecule has 0 aliphatic heterocycles. The van der Waals surface area contributed by atoms with Crippen LogP contribution in [0.1, 0.15) is 25.6 Å². The van der Waals surface area contributed by atoms with Gasteiger partial charge < -0.3 is 5.32 Å². The summed E-state index contributed by atoms with van der Waals surface area (Å²) in [4.78, 5) is 25.0. The lowest BCUT2D eigenvalue weighted by Gasteiger charge is -2.04. The van der Waals surface area contributed by atoms with Crippen molar-refractivity contribution in [2.75, 3.05) is 10.6 Å². The molecule has 0 unspecified atom stereocenters. The van der Waals surface area contributed by atoms with Crippen LogP contribution in [0.3, 0.4) is 0 Å². The largest absolute Gasteiger partial charge is 0.313 e. The molecule has 2 aromatic heterocycles. The first-order valence-corrected chi connectivity index (χ1v) is 8.86. The smallest absolute Gasteiger partial charge is 0.267 e. The molecule has 0 bridgehead atoms. The normalized spacial score (nSPS) is 10.4. The minimum Gasteiger partial charge on any atom is -0.313 e. The van der Waals surface area contributed by atoms with Crippen LogP contribution in [0, 0.1) is 6.92 Å². The van der Waals surface area contributed by atoms with Crippen LogP contribution in [-0.4, -0.2) is 22.0 Å². The average Bonchev–Trinajstić information content (AvgIpc) is 3.17. The number of aromatic nitrogens is 2. The van der Waals surface area contributed by atoms with Gasteiger partial charge in [0.2, 0.25) is 5.13 Å². The number of carbonyl (C=O) groups is 2. The highest BCUT2D eigenvalue weighted by Gasteiger charge is 2.17. The molecule has 0 aliphatic carbocycles. The molecule has 0 fully saturated rings. The number of hydrogen-bond acceptors (Lipinski definition) is 6. The zero-order valence-corrected chi connectivity index (χ0v) is 14.8. The SMILES string of the molecule is Cc1cc(NC(=O)c2ccccc2Cl)sc1C(=O)Nc1nncs1. The van der Waals surface area contributed by atoms with E-state index < -0.39 is 0 Å². The molecule has 2 amide bonds. The molecular weight excluding hydrogens is 368 g/mol. The summed E-state index contributed by atoms with van der Waals surface area (Å²) < 4.78 is 0. The summed E-state index contributed by atoms with van der Waals surface area (Å²) in [7, 11) is 0. The van der Waals surface area contributed by atoms with Gasteiger partial charge in [-0.15, -0.1) is 21.5 Å². The number of hydrogen-bond donors (Lipinski definition) is 2. The minimum absolute atomic E-state index is 0.285. The summed E-state index contributed by atoms with van der Waals surface area (Å²) in [6.45, 7) is 1.80. The van der Waals surface area contributed by atoms with Gasteiger partial charge in [-0.05, 0) is 30.7 Å². The highest BCUT2D eigenvalue weighted by atomic mass is 35.5. The number of nitrogens with one attached hydrogen (secondary N) is 2. The van der Waals surface area contributed by atoms with E-state index in [-0.39, 0.29) is 11.8 Å². The summed E-state index contributed by atoms with van der Waals surface area (Å²) in [6.07, 6.45) is 0. The molecule has 122 valence electrons. The Morgan fingerprint density at radius 2 is 1.96 bits per heavy atom. The first kappa shape index (κ1) is 16.6. The first-order chi connectivity index (χ1) is 11.5. The lowest BCUT2D eigenvalue weighted by molar-refractivity contribution is 0.102. The standard InChI is InChI=1S/C15H11ClN4O2S2/c1-8-6-11(18-13(21)9-4-2-3-5-10(9)16)24-12(8)14(22)19-15-20-17-7-23-15/h2-7H,1H3,(H,18,21)(H,19,20,22). The molecule has 0 aliphatic rings. The van der Waals surface area contributed by atoms with Crippen molar-refractivity contribution in [3.05, 3.63) is 56.9 Å². The third kappa shape index (κ3) is 3.61. The number of amides is 2. The van der Waals surface area contributed by atoms with Crippen LogP contribution in [0.2, 0.25) is 5.02 Å². The molecule has 9 heteroatoms. The average molecular weight is 379 g/mol. The fourth-order valence-electron chi connectivity index (χ4n) is 1.98. The predicted octanol–water partition coefficient (Wildman–Crippen LogP) is 4.07. The van der Waals surface area contributed by atoms with Crippen LogP contribution >= 0.6 is 34.3 Å². The van der Waals surface area contributed by atoms with Crippen LogP contribution in [0.15, 0.2) is 35.8 Å². The van der Waals surface area contributed by atoms with E-state index in [1.54, 1.807) is 37.3 Å². The molecular formula is C15H11ClN4O2S2. The van der Waals surface area contributed by atoms with E-state index >= 15 is 0 Å². The van der Waals surface area contributed by atoms with Gasteiger partial charge >= 0.3 is 0 Å². The van der Waals surface area contributed by atoms with E-state index in [0.717, 1.165) is 5.56 Å². The first-order valence-electron chi connectivity index (χ1n) is 6.78. The van der Waals surface area contributed by atoms with Crippen LogP contribution in [0.4, 0.5) is 10.1 Å². The van der Waals surface area contributed by atoms with Crippen LogP contribution < -0.4 is 10.6 Å². The van der Waals surface area contributed by atoms with Crippen molar-refractivity contribution < 1.29 is 9.59 Å². The fraction of sp³-hybridized carbons (Fsp3) is 0.0667. The van der Waals surface area contributed by atoms with E-state index in [0.29, 0.717) is 25.6 Å². The number of nitrogens with zero attached hydrogens (tertiary/aromatic N) is 2. The van der Waals surface area contributed by atoms with E-state index in [9.17, 15) is 9.59 Å². The van der Waals surface area contributed by atoms with Gasteiger partial charge in [0.1, 0.15) is 5.51 Å². The van der Waals surface area contributed by atoms with Gasteiger partial charge in [0.25, 0.3) is 11.8 Å². The van der Waals surface area contributed by atoms with Crippen LogP contribution in [0.5, 0.6) is 0 Å². The van der Waals surface area contributed by atoms with Gasteiger partial charge in [-0.25, -0.2) is 0 Å². The summed E-state index contributed by atoms with van der Waals surface area (Å²) in [5, 5.41) is 14.2. The topological polar surface area (TPSA) is 84.0 Å². The molecule has 0 spiro atoms. The summed E-state index contributed by atoms with van der Waals surface area (Å²) in [6, 6.07) is 8.53. The van der Waals surface area contributed by atoms with E-state index in [2.05, 4.69) is 20.8 Å². The Hall–Kier alpha value is -2.29. The zero-order valence-electron chi connectivity index (χ0n) is 12.4. The second-order valence-electron chi connectivity index (χ2n) is 4.75. The van der Waals surface area contributed by atoms with Gasteiger partial charge in [-0.3, -0.25) is 14.9 Å². The zero-order chi connectivity index (χ0) is 17.1. The van der Waals surface area contributed by atoms with Crippen molar-refractivity contribution in [3.8, 4) is 0 Å². The van der Waals surface area contributed by atoms with E-state index in [1.165, 1.54) is 28.2 Å². The maximum absolute atomic E-state index is 12.3. The lowest BCUT2D eigenvalue weighted by Crippen LogP contribution is -2.11. The van der Waals surface area contributed by atoms with Crippen molar-refractivity contribution >= 4 is 56.2 Å². The Labute approximate surface area is 150 Å². The third-order valence-corrected chi connectivity index (χ3v) is 5.15. The van der Waals surface area contributed by atoms with Crippen molar-refractivity contribution in [1.82, 2.24) is 10.2 Å². The Bertz CT molecular complexity index is 893. The predicted molar refractivity (Wildman–Crippen MR) is 96.3 cm³/mol. The van der Waals surface area contributed by atoms with Crippen molar-refractivity contribution in [2.24, 2.45) is 0 Å². The summed E-state index contributed by atoms with van der Waals surface area (Å²) >= 11 is 8.44. The van der Waals surface area contributed by atoms with Gasteiger partial charge in [0.15, 0.2) is 0 Å². The number of rotatable bonds is 4. The van der Waals surface area contributed by atoms with Gasteiger partial charge in [0.05, 0.1) is 20.5 Å². The Morgan fingerprint density at radius 1 is 1.17 bits per heavy atom. The van der Waals surface area contributed by atoms with Gasteiger partial charge in [-0.2, -0.15) is 0 Å². The Balaban J connectivity index is 1.75. The highest BCUT2D eigenvalue weighted by Crippen LogP contribution is 2.28. The number of anilines is 2. The number of thiophene rings is 1. The molecule has 2 N–H and O–H groups in total. The molecule has 0 atom stereocenters. The summed E-state index contributed by atoms with van der Waals surface area (Å²) in [5.74, 6) is -0.606. The molecule has 24 heavy (non-hydrogen) atoms. The summed E-state index contributed by atoms with van der Waals surface area (Å²) in [5.41, 5.74) is 2.67. The van der Waals surface area contributed by atoms with Gasteiger partial charge in [-0.1, -0.05) is 35.1 Å². The highest BCUT2D eigenvalue weighted by molar-refractivity contribution is 7.18. The maximum Gasteiger partial charge on any atom is 0.267 e. The van der Waals surface area contributed by atoms with E-state index in [1.807, 2.05) is 0 Å². The lowest BCUT2D eigenvalue weighted by atomic mass is 10.2. The number of halogens is 1. The van der Waals surface area contributed by atoms with Crippen molar-refractivity contribution in [3.63, 3.8) is 0 Å². The second kappa shape index (κ2) is 7.08. The molecule has 1 aromatic carbocycles. The molecule has 6 nitrogen and oxygen atoms in total. The monoisotopic (exact) mass is 378 g/mol. The maximum atomic E-state index is 12.3. The minimum atomic E-state index is -0.321. The molecule has 0 radical (unpaired) electrons. The number of benzene rings is 1. The number of aryl methyl sites for hydroxylation is 1. The molecule has 0 saturated heterocycles. The molecule has 0 saturated carbocycles. The van der Waals surface area contributed by atoms with Crippen molar-refractivity contribution in [1.29, 1.82) is 0 Å². The van der Waals surface area contributed by atoms with Gasteiger partial charge in [0, 0.05) is 0 Å². The quantitative estimate of drug-likeness (QED) is 0.716. The van der Waals surface area contributed by atoms with Crippen molar-refractivity contribution in [2.45, 2.75) is 6.92 Å². The number of carbonyl (C=O) groups excluding carboxylic acids is 2. The molecule has 3 aromatic rings. The second-order valence-corrected chi connectivity index (χ2v) is 7.05. The molecule has 2 heterocycles. The Kier molecular flexibility index (Phi) is 4.89. The van der Waals surface area contributed by atoms with Crippen LogP contribution in [0.25, 0.3) is 0 Å². The Morgan fingerprint density at radius 3 is 2.67 bits per heavy atom. The van der Waals surface area contributed by atoms with E-state index in [4.69, 9.17) is 11.6 Å². The molecule has 3 rings (SSSR count). The van der Waals surface area contributed by atoms with Crippen LogP contribution in [-0.2, 0) is 0 Å². The fourth-order valence-corrected chi connectivity index (χ4v) is 3.60. The third-order valence-electron chi connectivity index (χ3n) is 3.06.